The van der Waals surface area contributed by atoms with Gasteiger partial charge in [0.25, 0.3) is 0 Å². The van der Waals surface area contributed by atoms with Crippen LogP contribution in [0.1, 0.15) is 5.56 Å². The lowest BCUT2D eigenvalue weighted by Gasteiger charge is -2.00. The summed E-state index contributed by atoms with van der Waals surface area (Å²) in [6.45, 7) is 1.63. The van der Waals surface area contributed by atoms with Crippen molar-refractivity contribution in [1.82, 2.24) is 15.2 Å². The number of hydrogen-bond acceptors (Lipinski definition) is 5. The molecule has 2 heterocycles. The van der Waals surface area contributed by atoms with Crippen LogP contribution in [0, 0.1) is 12.9 Å². The van der Waals surface area contributed by atoms with E-state index in [1.807, 2.05) is 18.2 Å². The fraction of sp³-hybridized carbons (Fsp3) is 0.133. The summed E-state index contributed by atoms with van der Waals surface area (Å²) in [7, 11) is 1.59. The maximum absolute atomic E-state index is 13.2. The summed E-state index contributed by atoms with van der Waals surface area (Å²) in [5, 5.41) is 7.97. The maximum atomic E-state index is 13.2. The first kappa shape index (κ1) is 13.2. The highest BCUT2D eigenvalue weighted by Gasteiger charge is 2.12. The Morgan fingerprint density at radius 1 is 1.10 bits per heavy atom. The molecule has 0 aliphatic carbocycles. The number of benzene rings is 1. The zero-order valence-electron chi connectivity index (χ0n) is 11.5. The van der Waals surface area contributed by atoms with E-state index in [0.29, 0.717) is 28.7 Å². The quantitative estimate of drug-likeness (QED) is 0.691. The number of aryl methyl sites for hydroxylation is 1. The third-order valence-corrected chi connectivity index (χ3v) is 3.00. The van der Waals surface area contributed by atoms with Gasteiger partial charge in [0.05, 0.1) is 12.7 Å². The molecule has 0 amide bonds. The van der Waals surface area contributed by atoms with Gasteiger partial charge in [0.1, 0.15) is 5.75 Å². The molecular formula is C15H12FN3O2. The zero-order valence-corrected chi connectivity index (χ0v) is 11.5. The summed E-state index contributed by atoms with van der Waals surface area (Å²) in [4.78, 5) is 3.65. The molecule has 0 aliphatic heterocycles. The maximum Gasteiger partial charge on any atom is 0.249 e. The third kappa shape index (κ3) is 2.60. The number of hydrogen-bond donors (Lipinski definition) is 0. The number of halogens is 1. The SMILES string of the molecule is COc1cccc(-c2nnc(-c3cnc(F)c(C)c3)o2)c1. The molecule has 106 valence electrons. The molecule has 0 N–H and O–H groups in total. The predicted octanol–water partition coefficient (Wildman–Crippen LogP) is 3.25. The molecule has 3 rings (SSSR count). The van der Waals surface area contributed by atoms with E-state index in [0.717, 1.165) is 5.56 Å². The van der Waals surface area contributed by atoms with E-state index < -0.39 is 5.95 Å². The van der Waals surface area contributed by atoms with Gasteiger partial charge in [-0.25, -0.2) is 4.98 Å². The highest BCUT2D eigenvalue weighted by Crippen LogP contribution is 2.26. The van der Waals surface area contributed by atoms with Crippen LogP contribution in [0.4, 0.5) is 4.39 Å². The molecule has 0 saturated heterocycles. The van der Waals surface area contributed by atoms with Gasteiger partial charge >= 0.3 is 0 Å². The minimum atomic E-state index is -0.508. The molecule has 0 bridgehead atoms. The molecule has 0 unspecified atom stereocenters. The highest BCUT2D eigenvalue weighted by molar-refractivity contribution is 5.59. The lowest BCUT2D eigenvalue weighted by Crippen LogP contribution is -1.89. The lowest BCUT2D eigenvalue weighted by atomic mass is 10.2. The Balaban J connectivity index is 1.97. The van der Waals surface area contributed by atoms with Crippen molar-refractivity contribution >= 4 is 0 Å². The summed E-state index contributed by atoms with van der Waals surface area (Å²) < 4.78 is 23.9. The number of nitrogens with zero attached hydrogens (tertiary/aromatic N) is 3. The average Bonchev–Trinajstić information content (AvgIpc) is 3.00. The van der Waals surface area contributed by atoms with Gasteiger partial charge in [0.2, 0.25) is 17.7 Å². The summed E-state index contributed by atoms with van der Waals surface area (Å²) in [6, 6.07) is 8.92. The molecule has 6 heteroatoms. The van der Waals surface area contributed by atoms with Crippen LogP contribution in [0.2, 0.25) is 0 Å². The minimum absolute atomic E-state index is 0.295. The van der Waals surface area contributed by atoms with Crippen LogP contribution in [-0.2, 0) is 0 Å². The van der Waals surface area contributed by atoms with Crippen LogP contribution in [0.3, 0.4) is 0 Å². The van der Waals surface area contributed by atoms with Crippen molar-refractivity contribution < 1.29 is 13.5 Å². The standard InChI is InChI=1S/C15H12FN3O2/c1-9-6-11(8-17-13(9)16)15-19-18-14(21-15)10-4-3-5-12(7-10)20-2/h3-8H,1-2H3. The first-order valence-corrected chi connectivity index (χ1v) is 6.28. The van der Waals surface area contributed by atoms with E-state index >= 15 is 0 Å². The minimum Gasteiger partial charge on any atom is -0.497 e. The van der Waals surface area contributed by atoms with E-state index in [-0.39, 0.29) is 0 Å². The number of ether oxygens (including phenoxy) is 1. The summed E-state index contributed by atoms with van der Waals surface area (Å²) in [5.41, 5.74) is 1.75. The Kier molecular flexibility index (Phi) is 3.35. The fourth-order valence-electron chi connectivity index (χ4n) is 1.89. The molecule has 0 spiro atoms. The van der Waals surface area contributed by atoms with Crippen LogP contribution < -0.4 is 4.74 Å². The molecule has 0 radical (unpaired) electrons. The molecule has 0 atom stereocenters. The van der Waals surface area contributed by atoms with Crippen molar-refractivity contribution in [2.75, 3.05) is 7.11 Å². The van der Waals surface area contributed by atoms with Gasteiger partial charge in [0, 0.05) is 17.3 Å². The second-order valence-electron chi connectivity index (χ2n) is 4.48. The summed E-state index contributed by atoms with van der Waals surface area (Å²) >= 11 is 0. The molecule has 0 aliphatic rings. The summed E-state index contributed by atoms with van der Waals surface area (Å²) in [6.07, 6.45) is 1.37. The summed E-state index contributed by atoms with van der Waals surface area (Å²) in [5.74, 6) is 0.854. The Morgan fingerprint density at radius 2 is 1.86 bits per heavy atom. The first-order valence-electron chi connectivity index (χ1n) is 6.28. The Hall–Kier alpha value is -2.76. The predicted molar refractivity (Wildman–Crippen MR) is 74.2 cm³/mol. The average molecular weight is 285 g/mol. The van der Waals surface area contributed by atoms with Crippen molar-refractivity contribution in [1.29, 1.82) is 0 Å². The van der Waals surface area contributed by atoms with E-state index in [1.54, 1.807) is 26.2 Å². The van der Waals surface area contributed by atoms with E-state index in [1.165, 1.54) is 6.20 Å². The van der Waals surface area contributed by atoms with Crippen molar-refractivity contribution in [2.24, 2.45) is 0 Å². The monoisotopic (exact) mass is 285 g/mol. The van der Waals surface area contributed by atoms with Crippen LogP contribution in [0.25, 0.3) is 22.9 Å². The van der Waals surface area contributed by atoms with Gasteiger partial charge in [-0.1, -0.05) is 6.07 Å². The second kappa shape index (κ2) is 5.32. The van der Waals surface area contributed by atoms with Crippen molar-refractivity contribution in [3.05, 3.63) is 48.0 Å². The van der Waals surface area contributed by atoms with Crippen LogP contribution in [-0.4, -0.2) is 22.3 Å². The number of pyridine rings is 1. The molecular weight excluding hydrogens is 273 g/mol. The Labute approximate surface area is 120 Å². The molecule has 0 saturated carbocycles. The topological polar surface area (TPSA) is 61.0 Å². The Bertz CT molecular complexity index is 786. The normalized spacial score (nSPS) is 10.6. The van der Waals surface area contributed by atoms with Crippen molar-refractivity contribution in [2.45, 2.75) is 6.92 Å². The lowest BCUT2D eigenvalue weighted by molar-refractivity contribution is 0.415. The van der Waals surface area contributed by atoms with Gasteiger partial charge in [0.15, 0.2) is 0 Å². The van der Waals surface area contributed by atoms with Gasteiger partial charge in [-0.05, 0) is 31.2 Å². The van der Waals surface area contributed by atoms with E-state index in [2.05, 4.69) is 15.2 Å². The van der Waals surface area contributed by atoms with Crippen LogP contribution in [0.15, 0.2) is 40.9 Å². The number of methoxy groups -OCH3 is 1. The smallest absolute Gasteiger partial charge is 0.249 e. The van der Waals surface area contributed by atoms with Crippen molar-refractivity contribution in [3.63, 3.8) is 0 Å². The molecule has 5 nitrogen and oxygen atoms in total. The molecule has 2 aromatic heterocycles. The third-order valence-electron chi connectivity index (χ3n) is 3.00. The first-order chi connectivity index (χ1) is 10.2. The van der Waals surface area contributed by atoms with Gasteiger partial charge < -0.3 is 9.15 Å². The van der Waals surface area contributed by atoms with Crippen LogP contribution in [0.5, 0.6) is 5.75 Å². The fourth-order valence-corrected chi connectivity index (χ4v) is 1.89. The molecule has 0 fully saturated rings. The van der Waals surface area contributed by atoms with Crippen molar-refractivity contribution in [3.8, 4) is 28.7 Å². The number of rotatable bonds is 3. The zero-order chi connectivity index (χ0) is 14.8. The highest BCUT2D eigenvalue weighted by atomic mass is 19.1. The molecule has 3 aromatic rings. The van der Waals surface area contributed by atoms with E-state index in [4.69, 9.17) is 9.15 Å². The van der Waals surface area contributed by atoms with Gasteiger partial charge in [-0.15, -0.1) is 10.2 Å². The molecule has 21 heavy (non-hydrogen) atoms. The van der Waals surface area contributed by atoms with Crippen LogP contribution >= 0.6 is 0 Å². The van der Waals surface area contributed by atoms with Gasteiger partial charge in [-0.2, -0.15) is 4.39 Å². The largest absolute Gasteiger partial charge is 0.497 e. The second-order valence-corrected chi connectivity index (χ2v) is 4.48. The number of aromatic nitrogens is 3. The van der Waals surface area contributed by atoms with Gasteiger partial charge in [-0.3, -0.25) is 0 Å². The molecule has 1 aromatic carbocycles. The van der Waals surface area contributed by atoms with E-state index in [9.17, 15) is 4.39 Å². The Morgan fingerprint density at radius 3 is 2.57 bits per heavy atom.